The van der Waals surface area contributed by atoms with Crippen molar-refractivity contribution >= 4 is 5.91 Å². The number of aliphatic hydroxyl groups excluding tert-OH is 1. The van der Waals surface area contributed by atoms with Crippen LogP contribution in [0, 0.1) is 5.82 Å². The van der Waals surface area contributed by atoms with Gasteiger partial charge in [-0.15, -0.1) is 0 Å². The SMILES string of the molecule is O=C(NC[C@@H]1N[C@@H](CO)[C@H]1c1ccc(-c2cccnc2)cc1)c1cccc(F)c1. The Hall–Kier alpha value is -3.09. The number of benzene rings is 2. The standard InChI is InChI=1S/C23H22FN3O2/c24-19-5-1-3-17(11-19)23(29)26-13-20-22(21(14-28)27-20)16-8-6-15(7-9-16)18-4-2-10-25-12-18/h1-12,20-22,27-28H,13-14H2,(H,26,29)/t20-,21-,22-/m0/s1. The van der Waals surface area contributed by atoms with Gasteiger partial charge in [0.2, 0.25) is 0 Å². The van der Waals surface area contributed by atoms with Gasteiger partial charge in [-0.05, 0) is 41.0 Å². The predicted molar refractivity (Wildman–Crippen MR) is 109 cm³/mol. The molecule has 2 aromatic carbocycles. The summed E-state index contributed by atoms with van der Waals surface area (Å²) in [6.07, 6.45) is 3.56. The van der Waals surface area contributed by atoms with Crippen LogP contribution in [-0.2, 0) is 0 Å². The summed E-state index contributed by atoms with van der Waals surface area (Å²) in [5.41, 5.74) is 3.51. The van der Waals surface area contributed by atoms with Gasteiger partial charge in [0.05, 0.1) is 6.61 Å². The Morgan fingerprint density at radius 3 is 2.59 bits per heavy atom. The van der Waals surface area contributed by atoms with E-state index in [1.165, 1.54) is 18.2 Å². The Morgan fingerprint density at radius 1 is 1.07 bits per heavy atom. The summed E-state index contributed by atoms with van der Waals surface area (Å²) in [7, 11) is 0. The topological polar surface area (TPSA) is 74.2 Å². The number of carbonyl (C=O) groups is 1. The Kier molecular flexibility index (Phi) is 5.64. The first-order valence-corrected chi connectivity index (χ1v) is 9.57. The number of halogens is 1. The highest BCUT2D eigenvalue weighted by molar-refractivity contribution is 5.94. The molecule has 3 N–H and O–H groups in total. The van der Waals surface area contributed by atoms with Crippen LogP contribution in [0.4, 0.5) is 4.39 Å². The van der Waals surface area contributed by atoms with Crippen molar-refractivity contribution in [1.82, 2.24) is 15.6 Å². The normalized spacial score (nSPS) is 20.7. The van der Waals surface area contributed by atoms with Crippen molar-refractivity contribution in [2.75, 3.05) is 13.2 Å². The van der Waals surface area contributed by atoms with Crippen molar-refractivity contribution in [3.05, 3.63) is 90.0 Å². The van der Waals surface area contributed by atoms with Crippen LogP contribution in [0.2, 0.25) is 0 Å². The van der Waals surface area contributed by atoms with E-state index in [-0.39, 0.29) is 30.5 Å². The summed E-state index contributed by atoms with van der Waals surface area (Å²) < 4.78 is 13.3. The zero-order valence-electron chi connectivity index (χ0n) is 15.8. The van der Waals surface area contributed by atoms with E-state index in [0.29, 0.717) is 12.1 Å². The van der Waals surface area contributed by atoms with Crippen LogP contribution in [0.3, 0.4) is 0 Å². The van der Waals surface area contributed by atoms with Crippen LogP contribution >= 0.6 is 0 Å². The number of hydrogen-bond donors (Lipinski definition) is 3. The minimum atomic E-state index is -0.439. The molecule has 3 aromatic rings. The lowest BCUT2D eigenvalue weighted by molar-refractivity contribution is 0.0910. The highest BCUT2D eigenvalue weighted by Crippen LogP contribution is 2.33. The molecule has 1 aliphatic rings. The predicted octanol–water partition coefficient (Wildman–Crippen LogP) is 2.73. The molecule has 2 heterocycles. The molecular formula is C23H22FN3O2. The molecule has 3 atom stereocenters. The van der Waals surface area contributed by atoms with E-state index >= 15 is 0 Å². The van der Waals surface area contributed by atoms with E-state index in [0.717, 1.165) is 16.7 Å². The average Bonchev–Trinajstić information content (AvgIpc) is 2.74. The molecule has 4 rings (SSSR count). The van der Waals surface area contributed by atoms with Crippen LogP contribution < -0.4 is 10.6 Å². The fourth-order valence-electron chi connectivity index (χ4n) is 3.83. The molecule has 0 unspecified atom stereocenters. The molecule has 1 fully saturated rings. The fourth-order valence-corrected chi connectivity index (χ4v) is 3.83. The van der Waals surface area contributed by atoms with Gasteiger partial charge < -0.3 is 15.7 Å². The molecule has 148 valence electrons. The molecule has 29 heavy (non-hydrogen) atoms. The van der Waals surface area contributed by atoms with Gasteiger partial charge in [0.1, 0.15) is 5.82 Å². The molecule has 6 heteroatoms. The van der Waals surface area contributed by atoms with Gasteiger partial charge in [0, 0.05) is 42.5 Å². The second-order valence-electron chi connectivity index (χ2n) is 7.17. The summed E-state index contributed by atoms with van der Waals surface area (Å²) in [6, 6.07) is 17.7. The number of nitrogens with zero attached hydrogens (tertiary/aromatic N) is 1. The monoisotopic (exact) mass is 391 g/mol. The molecule has 0 bridgehead atoms. The summed E-state index contributed by atoms with van der Waals surface area (Å²) in [6.45, 7) is 0.407. The Morgan fingerprint density at radius 2 is 1.90 bits per heavy atom. The van der Waals surface area contributed by atoms with E-state index in [1.54, 1.807) is 12.3 Å². The molecule has 0 aliphatic carbocycles. The third-order valence-corrected chi connectivity index (χ3v) is 5.35. The molecule has 1 aromatic heterocycles. The number of pyridine rings is 1. The van der Waals surface area contributed by atoms with Crippen LogP contribution in [0.5, 0.6) is 0 Å². The van der Waals surface area contributed by atoms with E-state index in [4.69, 9.17) is 0 Å². The van der Waals surface area contributed by atoms with Gasteiger partial charge in [0.15, 0.2) is 0 Å². The third kappa shape index (κ3) is 4.18. The largest absolute Gasteiger partial charge is 0.395 e. The maximum atomic E-state index is 13.3. The lowest BCUT2D eigenvalue weighted by atomic mass is 9.77. The van der Waals surface area contributed by atoms with Gasteiger partial charge in [-0.2, -0.15) is 0 Å². The van der Waals surface area contributed by atoms with Crippen molar-refractivity contribution in [2.24, 2.45) is 0 Å². The number of nitrogens with one attached hydrogen (secondary N) is 2. The highest BCUT2D eigenvalue weighted by Gasteiger charge is 2.40. The lowest BCUT2D eigenvalue weighted by Gasteiger charge is -2.46. The van der Waals surface area contributed by atoms with Crippen LogP contribution in [0.15, 0.2) is 73.1 Å². The summed E-state index contributed by atoms with van der Waals surface area (Å²) >= 11 is 0. The number of rotatable bonds is 6. The molecule has 1 aliphatic heterocycles. The van der Waals surface area contributed by atoms with Gasteiger partial charge in [0.25, 0.3) is 5.91 Å². The molecule has 0 saturated carbocycles. The van der Waals surface area contributed by atoms with E-state index in [1.807, 2.05) is 30.5 Å². The summed E-state index contributed by atoms with van der Waals surface area (Å²) in [4.78, 5) is 16.4. The van der Waals surface area contributed by atoms with Crippen molar-refractivity contribution < 1.29 is 14.3 Å². The first kappa shape index (κ1) is 19.2. The number of carbonyl (C=O) groups excluding carboxylic acids is 1. The van der Waals surface area contributed by atoms with Crippen molar-refractivity contribution in [1.29, 1.82) is 0 Å². The van der Waals surface area contributed by atoms with Gasteiger partial charge in [-0.25, -0.2) is 4.39 Å². The van der Waals surface area contributed by atoms with Crippen LogP contribution in [0.25, 0.3) is 11.1 Å². The van der Waals surface area contributed by atoms with Gasteiger partial charge >= 0.3 is 0 Å². The molecule has 5 nitrogen and oxygen atoms in total. The molecule has 0 radical (unpaired) electrons. The Bertz CT molecular complexity index is 979. The zero-order valence-corrected chi connectivity index (χ0v) is 15.8. The van der Waals surface area contributed by atoms with Crippen molar-refractivity contribution in [2.45, 2.75) is 18.0 Å². The Balaban J connectivity index is 1.43. The average molecular weight is 391 g/mol. The lowest BCUT2D eigenvalue weighted by Crippen LogP contribution is -2.64. The van der Waals surface area contributed by atoms with Gasteiger partial charge in [-0.1, -0.05) is 36.4 Å². The number of hydrogen-bond acceptors (Lipinski definition) is 4. The minimum absolute atomic E-state index is 0.00565. The number of aliphatic hydroxyl groups is 1. The quantitative estimate of drug-likeness (QED) is 0.604. The second kappa shape index (κ2) is 8.51. The van der Waals surface area contributed by atoms with E-state index in [9.17, 15) is 14.3 Å². The third-order valence-electron chi connectivity index (χ3n) is 5.35. The molecule has 0 spiro atoms. The first-order valence-electron chi connectivity index (χ1n) is 9.57. The maximum absolute atomic E-state index is 13.3. The fraction of sp³-hybridized carbons (Fsp3) is 0.217. The summed E-state index contributed by atoms with van der Waals surface area (Å²) in [5, 5.41) is 15.8. The molecular weight excluding hydrogens is 369 g/mol. The highest BCUT2D eigenvalue weighted by atomic mass is 19.1. The van der Waals surface area contributed by atoms with Gasteiger partial charge in [-0.3, -0.25) is 9.78 Å². The minimum Gasteiger partial charge on any atom is -0.395 e. The van der Waals surface area contributed by atoms with Crippen LogP contribution in [0.1, 0.15) is 21.8 Å². The Labute approximate surface area is 168 Å². The maximum Gasteiger partial charge on any atom is 0.251 e. The van der Waals surface area contributed by atoms with Crippen LogP contribution in [-0.4, -0.2) is 41.2 Å². The van der Waals surface area contributed by atoms with Crippen molar-refractivity contribution in [3.63, 3.8) is 0 Å². The zero-order chi connectivity index (χ0) is 20.2. The number of aromatic nitrogens is 1. The smallest absolute Gasteiger partial charge is 0.251 e. The molecule has 1 saturated heterocycles. The second-order valence-corrected chi connectivity index (χ2v) is 7.17. The van der Waals surface area contributed by atoms with E-state index in [2.05, 4.69) is 27.8 Å². The molecule has 1 amide bonds. The summed E-state index contributed by atoms with van der Waals surface area (Å²) in [5.74, 6) is -0.675. The van der Waals surface area contributed by atoms with E-state index < -0.39 is 5.82 Å². The number of amides is 1. The van der Waals surface area contributed by atoms with Crippen molar-refractivity contribution in [3.8, 4) is 11.1 Å². The first-order chi connectivity index (χ1) is 14.2.